The van der Waals surface area contributed by atoms with Crippen LogP contribution in [0.5, 0.6) is 0 Å². The number of benzene rings is 2. The van der Waals surface area contributed by atoms with Crippen molar-refractivity contribution in [1.29, 1.82) is 0 Å². The summed E-state index contributed by atoms with van der Waals surface area (Å²) in [5, 5.41) is 14.1. The van der Waals surface area contributed by atoms with Gasteiger partial charge in [0.05, 0.1) is 10.5 Å². The minimum atomic E-state index is -0.552. The van der Waals surface area contributed by atoms with Crippen LogP contribution in [0, 0.1) is 17.0 Å². The Morgan fingerprint density at radius 3 is 2.67 bits per heavy atom. The van der Waals surface area contributed by atoms with E-state index in [0.717, 1.165) is 5.56 Å². The molecule has 0 aliphatic heterocycles. The van der Waals surface area contributed by atoms with Gasteiger partial charge in [0.15, 0.2) is 0 Å². The lowest BCUT2D eigenvalue weighted by molar-refractivity contribution is -0.385. The number of nitrogens with zero attached hydrogens (tertiary/aromatic N) is 1. The van der Waals surface area contributed by atoms with Gasteiger partial charge in [-0.15, -0.1) is 0 Å². The molecular weight excluding hydrogens is 360 g/mol. The predicted octanol–water partition coefficient (Wildman–Crippen LogP) is 4.57. The maximum Gasteiger partial charge on any atom is 0.284 e. The highest BCUT2D eigenvalue weighted by Gasteiger charge is 2.19. The largest absolute Gasteiger partial charge is 0.322 e. The van der Waals surface area contributed by atoms with Crippen LogP contribution < -0.4 is 5.32 Å². The van der Waals surface area contributed by atoms with Crippen LogP contribution in [0.1, 0.15) is 15.9 Å². The predicted molar refractivity (Wildman–Crippen MR) is 84.9 cm³/mol. The molecule has 108 valence electrons. The van der Waals surface area contributed by atoms with Crippen molar-refractivity contribution in [3.05, 3.63) is 67.1 Å². The van der Waals surface area contributed by atoms with Crippen LogP contribution in [-0.2, 0) is 0 Å². The fourth-order valence-electron chi connectivity index (χ4n) is 1.71. The number of amides is 1. The Hall–Kier alpha value is -1.92. The molecule has 5 nitrogen and oxygen atoms in total. The normalized spacial score (nSPS) is 10.2. The molecule has 7 heteroatoms. The molecule has 1 N–H and O–H groups in total. The lowest BCUT2D eigenvalue weighted by atomic mass is 10.1. The Kier molecular flexibility index (Phi) is 4.59. The van der Waals surface area contributed by atoms with Crippen LogP contribution >= 0.6 is 27.5 Å². The summed E-state index contributed by atoms with van der Waals surface area (Å²) in [5.41, 5.74) is 1.44. The van der Waals surface area contributed by atoms with Crippen molar-refractivity contribution < 1.29 is 9.72 Å². The molecule has 2 aromatic carbocycles. The molecule has 0 atom stereocenters. The number of aryl methyl sites for hydroxylation is 1. The van der Waals surface area contributed by atoms with Crippen LogP contribution in [0.3, 0.4) is 0 Å². The molecule has 21 heavy (non-hydrogen) atoms. The van der Waals surface area contributed by atoms with E-state index in [0.29, 0.717) is 10.7 Å². The van der Waals surface area contributed by atoms with Gasteiger partial charge in [0.25, 0.3) is 11.6 Å². The zero-order chi connectivity index (χ0) is 15.6. The fraction of sp³-hybridized carbons (Fsp3) is 0.0714. The zero-order valence-corrected chi connectivity index (χ0v) is 13.2. The summed E-state index contributed by atoms with van der Waals surface area (Å²) >= 11 is 9.08. The summed E-state index contributed by atoms with van der Waals surface area (Å²) in [7, 11) is 0. The number of hydrogen-bond acceptors (Lipinski definition) is 3. The van der Waals surface area contributed by atoms with Crippen molar-refractivity contribution in [3.8, 4) is 0 Å². The molecular formula is C14H10BrClN2O3. The first kappa shape index (κ1) is 15.5. The lowest BCUT2D eigenvalue weighted by Gasteiger charge is -2.08. The van der Waals surface area contributed by atoms with Crippen molar-refractivity contribution >= 4 is 44.8 Å². The molecule has 0 saturated heterocycles. The van der Waals surface area contributed by atoms with E-state index in [1.807, 2.05) is 6.92 Å². The van der Waals surface area contributed by atoms with Crippen molar-refractivity contribution in [2.24, 2.45) is 0 Å². The molecule has 0 heterocycles. The molecule has 2 aromatic rings. The molecule has 0 bridgehead atoms. The van der Waals surface area contributed by atoms with Gasteiger partial charge in [-0.1, -0.05) is 23.7 Å². The zero-order valence-electron chi connectivity index (χ0n) is 10.9. The van der Waals surface area contributed by atoms with Crippen LogP contribution in [0.15, 0.2) is 40.9 Å². The van der Waals surface area contributed by atoms with E-state index in [9.17, 15) is 14.9 Å². The van der Waals surface area contributed by atoms with Crippen LogP contribution in [0.4, 0.5) is 11.4 Å². The number of carbonyl (C=O) groups is 1. The number of nitrogens with one attached hydrogen (secondary N) is 1. The van der Waals surface area contributed by atoms with Gasteiger partial charge < -0.3 is 5.32 Å². The minimum Gasteiger partial charge on any atom is -0.322 e. The van der Waals surface area contributed by atoms with Crippen molar-refractivity contribution in [2.45, 2.75) is 6.92 Å². The van der Waals surface area contributed by atoms with E-state index in [1.54, 1.807) is 18.2 Å². The Balaban J connectivity index is 2.30. The van der Waals surface area contributed by atoms with Crippen LogP contribution in [0.2, 0.25) is 5.02 Å². The third-order valence-corrected chi connectivity index (χ3v) is 4.09. The van der Waals surface area contributed by atoms with Gasteiger partial charge in [0.2, 0.25) is 0 Å². The Morgan fingerprint density at radius 2 is 2.05 bits per heavy atom. The number of hydrogen-bond donors (Lipinski definition) is 1. The van der Waals surface area contributed by atoms with E-state index in [4.69, 9.17) is 11.6 Å². The van der Waals surface area contributed by atoms with Crippen LogP contribution in [0.25, 0.3) is 0 Å². The molecule has 0 aromatic heterocycles. The smallest absolute Gasteiger partial charge is 0.284 e. The van der Waals surface area contributed by atoms with Gasteiger partial charge in [-0.25, -0.2) is 0 Å². The van der Waals surface area contributed by atoms with Gasteiger partial charge in [0.1, 0.15) is 4.47 Å². The molecule has 0 aliphatic carbocycles. The molecule has 0 spiro atoms. The number of halogens is 2. The fourth-order valence-corrected chi connectivity index (χ4v) is 2.47. The third kappa shape index (κ3) is 3.40. The molecule has 0 fully saturated rings. The summed E-state index contributed by atoms with van der Waals surface area (Å²) in [4.78, 5) is 22.5. The van der Waals surface area contributed by atoms with E-state index >= 15 is 0 Å². The highest BCUT2D eigenvalue weighted by Crippen LogP contribution is 2.29. The van der Waals surface area contributed by atoms with E-state index in [2.05, 4.69) is 21.2 Å². The average molecular weight is 370 g/mol. The van der Waals surface area contributed by atoms with E-state index in [-0.39, 0.29) is 15.7 Å². The molecule has 2 rings (SSSR count). The first-order chi connectivity index (χ1) is 9.90. The van der Waals surface area contributed by atoms with Crippen molar-refractivity contribution in [2.75, 3.05) is 5.32 Å². The first-order valence-electron chi connectivity index (χ1n) is 5.90. The van der Waals surface area contributed by atoms with Gasteiger partial charge in [-0.05, 0) is 46.6 Å². The van der Waals surface area contributed by atoms with Gasteiger partial charge >= 0.3 is 0 Å². The summed E-state index contributed by atoms with van der Waals surface area (Å²) in [6, 6.07) is 9.40. The number of nitro benzene ring substituents is 1. The summed E-state index contributed by atoms with van der Waals surface area (Å²) in [5.74, 6) is -0.453. The molecule has 0 unspecified atom stereocenters. The molecule has 1 amide bonds. The molecule has 0 radical (unpaired) electrons. The van der Waals surface area contributed by atoms with E-state index < -0.39 is 10.8 Å². The SMILES string of the molecule is Cc1ccc(NC(=O)c2cccc([N+](=O)[O-])c2Br)cc1Cl. The second-order valence-electron chi connectivity index (χ2n) is 4.31. The Labute approximate surface area is 134 Å². The lowest BCUT2D eigenvalue weighted by Crippen LogP contribution is -2.13. The van der Waals surface area contributed by atoms with Crippen molar-refractivity contribution in [1.82, 2.24) is 0 Å². The highest BCUT2D eigenvalue weighted by atomic mass is 79.9. The maximum atomic E-state index is 12.2. The van der Waals surface area contributed by atoms with Gasteiger partial charge in [-0.2, -0.15) is 0 Å². The maximum absolute atomic E-state index is 12.2. The summed E-state index contributed by atoms with van der Waals surface area (Å²) in [6.45, 7) is 1.85. The second kappa shape index (κ2) is 6.24. The van der Waals surface area contributed by atoms with Crippen LogP contribution in [-0.4, -0.2) is 10.8 Å². The highest BCUT2D eigenvalue weighted by molar-refractivity contribution is 9.10. The monoisotopic (exact) mass is 368 g/mol. The number of nitro groups is 1. The second-order valence-corrected chi connectivity index (χ2v) is 5.51. The number of rotatable bonds is 3. The third-order valence-electron chi connectivity index (χ3n) is 2.85. The molecule has 0 aliphatic rings. The molecule has 0 saturated carbocycles. The van der Waals surface area contributed by atoms with Crippen molar-refractivity contribution in [3.63, 3.8) is 0 Å². The standard InChI is InChI=1S/C14H10BrClN2O3/c1-8-5-6-9(7-11(8)16)17-14(19)10-3-2-4-12(13(10)15)18(20)21/h2-7H,1H3,(H,17,19). The Bertz CT molecular complexity index is 734. The number of anilines is 1. The van der Waals surface area contributed by atoms with Gasteiger partial charge in [-0.3, -0.25) is 14.9 Å². The Morgan fingerprint density at radius 1 is 1.33 bits per heavy atom. The summed E-state index contributed by atoms with van der Waals surface area (Å²) in [6.07, 6.45) is 0. The number of carbonyl (C=O) groups excluding carboxylic acids is 1. The first-order valence-corrected chi connectivity index (χ1v) is 7.07. The van der Waals surface area contributed by atoms with E-state index in [1.165, 1.54) is 18.2 Å². The average Bonchev–Trinajstić information content (AvgIpc) is 2.42. The summed E-state index contributed by atoms with van der Waals surface area (Å²) < 4.78 is 0.144. The minimum absolute atomic E-state index is 0.144. The topological polar surface area (TPSA) is 72.2 Å². The quantitative estimate of drug-likeness (QED) is 0.636. The van der Waals surface area contributed by atoms with Gasteiger partial charge in [0, 0.05) is 16.8 Å².